The van der Waals surface area contributed by atoms with Gasteiger partial charge in [0.15, 0.2) is 9.84 Å². The molecule has 0 amide bonds. The molecule has 0 heterocycles. The van der Waals surface area contributed by atoms with Gasteiger partial charge < -0.3 is 5.73 Å². The van der Waals surface area contributed by atoms with Crippen molar-refractivity contribution < 1.29 is 16.8 Å². The van der Waals surface area contributed by atoms with E-state index in [1.54, 1.807) is 6.92 Å². The predicted molar refractivity (Wildman–Crippen MR) is 84.9 cm³/mol. The van der Waals surface area contributed by atoms with Gasteiger partial charge in [-0.05, 0) is 55.9 Å². The van der Waals surface area contributed by atoms with Crippen LogP contribution in [0.5, 0.6) is 0 Å². The molecule has 8 heteroatoms. The summed E-state index contributed by atoms with van der Waals surface area (Å²) in [5, 5.41) is 0. The first-order valence-electron chi connectivity index (χ1n) is 7.09. The zero-order valence-electron chi connectivity index (χ0n) is 13.0. The first-order chi connectivity index (χ1) is 10.0. The third-order valence-corrected chi connectivity index (χ3v) is 6.66. The molecule has 6 nitrogen and oxygen atoms in total. The summed E-state index contributed by atoms with van der Waals surface area (Å²) in [5.41, 5.74) is 6.73. The standard InChI is InChI=1S/C14H22N2O4S2/c1-9-6-13(21(3,17)18)10(2)14(7-9)22(19,20)16-8-12(15)11-4-5-11/h6-7,11-12,16H,4-5,8,15H2,1-3H3. The Kier molecular flexibility index (Phi) is 4.68. The molecule has 0 spiro atoms. The summed E-state index contributed by atoms with van der Waals surface area (Å²) in [6.07, 6.45) is 3.14. The number of nitrogens with two attached hydrogens (primary N) is 1. The molecular weight excluding hydrogens is 324 g/mol. The summed E-state index contributed by atoms with van der Waals surface area (Å²) in [7, 11) is -7.28. The van der Waals surface area contributed by atoms with Crippen molar-refractivity contribution in [3.63, 3.8) is 0 Å². The molecular formula is C14H22N2O4S2. The lowest BCUT2D eigenvalue weighted by atomic mass is 10.2. The summed E-state index contributed by atoms with van der Waals surface area (Å²) in [5.74, 6) is 0.382. The number of sulfonamides is 1. The number of rotatable bonds is 6. The lowest BCUT2D eigenvalue weighted by Crippen LogP contribution is -2.38. The highest BCUT2D eigenvalue weighted by molar-refractivity contribution is 7.91. The van der Waals surface area contributed by atoms with Gasteiger partial charge in [-0.3, -0.25) is 0 Å². The highest BCUT2D eigenvalue weighted by Crippen LogP contribution is 2.31. The van der Waals surface area contributed by atoms with Crippen LogP contribution in [0.15, 0.2) is 21.9 Å². The molecule has 1 unspecified atom stereocenters. The van der Waals surface area contributed by atoms with Crippen molar-refractivity contribution in [2.75, 3.05) is 12.8 Å². The van der Waals surface area contributed by atoms with Crippen molar-refractivity contribution in [2.24, 2.45) is 11.7 Å². The van der Waals surface area contributed by atoms with Crippen LogP contribution in [-0.2, 0) is 19.9 Å². The van der Waals surface area contributed by atoms with Crippen LogP contribution in [0, 0.1) is 19.8 Å². The zero-order valence-corrected chi connectivity index (χ0v) is 14.6. The Morgan fingerprint density at radius 3 is 2.23 bits per heavy atom. The Labute approximate surface area is 132 Å². The van der Waals surface area contributed by atoms with E-state index in [-0.39, 0.29) is 27.9 Å². The molecule has 3 N–H and O–H groups in total. The number of hydrogen-bond acceptors (Lipinski definition) is 5. The second kappa shape index (κ2) is 5.92. The van der Waals surface area contributed by atoms with Gasteiger partial charge in [-0.2, -0.15) is 0 Å². The lowest BCUT2D eigenvalue weighted by molar-refractivity contribution is 0.547. The molecule has 2 rings (SSSR count). The smallest absolute Gasteiger partial charge is 0.240 e. The van der Waals surface area contributed by atoms with Crippen LogP contribution in [0.4, 0.5) is 0 Å². The molecule has 1 aliphatic carbocycles. The molecule has 1 aliphatic rings. The van der Waals surface area contributed by atoms with Crippen LogP contribution >= 0.6 is 0 Å². The normalized spacial score (nSPS) is 17.5. The highest BCUT2D eigenvalue weighted by Gasteiger charge is 2.30. The first-order valence-corrected chi connectivity index (χ1v) is 10.5. The van der Waals surface area contributed by atoms with Gasteiger partial charge in [-0.15, -0.1) is 0 Å². The summed E-state index contributed by atoms with van der Waals surface area (Å²) in [6, 6.07) is 2.77. The van der Waals surface area contributed by atoms with E-state index in [9.17, 15) is 16.8 Å². The molecule has 1 aromatic rings. The fourth-order valence-corrected chi connectivity index (χ4v) is 4.98. The fraction of sp³-hybridized carbons (Fsp3) is 0.571. The van der Waals surface area contributed by atoms with Gasteiger partial charge in [0.25, 0.3) is 0 Å². The lowest BCUT2D eigenvalue weighted by Gasteiger charge is -2.15. The topological polar surface area (TPSA) is 106 Å². The maximum atomic E-state index is 12.5. The van der Waals surface area contributed by atoms with E-state index in [1.165, 1.54) is 19.1 Å². The van der Waals surface area contributed by atoms with Crippen molar-refractivity contribution in [1.29, 1.82) is 0 Å². The maximum absolute atomic E-state index is 12.5. The minimum Gasteiger partial charge on any atom is -0.326 e. The SMILES string of the molecule is Cc1cc(S(C)(=O)=O)c(C)c(S(=O)(=O)NCC(N)C2CC2)c1. The van der Waals surface area contributed by atoms with Crippen LogP contribution in [0.3, 0.4) is 0 Å². The summed E-state index contributed by atoms with van der Waals surface area (Å²) >= 11 is 0. The fourth-order valence-electron chi connectivity index (χ4n) is 2.43. The predicted octanol–water partition coefficient (Wildman–Crippen LogP) is 0.723. The Morgan fingerprint density at radius 2 is 1.73 bits per heavy atom. The molecule has 0 bridgehead atoms. The van der Waals surface area contributed by atoms with Gasteiger partial charge in [0.2, 0.25) is 10.0 Å². The molecule has 0 aliphatic heterocycles. The largest absolute Gasteiger partial charge is 0.326 e. The average molecular weight is 346 g/mol. The Hall–Kier alpha value is -0.960. The highest BCUT2D eigenvalue weighted by atomic mass is 32.2. The Morgan fingerprint density at radius 1 is 1.18 bits per heavy atom. The minimum absolute atomic E-state index is 0.00378. The molecule has 1 fully saturated rings. The van der Waals surface area contributed by atoms with Crippen LogP contribution in [0.2, 0.25) is 0 Å². The van der Waals surface area contributed by atoms with Gasteiger partial charge in [0.1, 0.15) is 0 Å². The van der Waals surface area contributed by atoms with E-state index in [1.807, 2.05) is 0 Å². The monoisotopic (exact) mass is 346 g/mol. The van der Waals surface area contributed by atoms with Gasteiger partial charge in [-0.25, -0.2) is 21.6 Å². The second-order valence-electron chi connectivity index (χ2n) is 6.01. The van der Waals surface area contributed by atoms with Gasteiger partial charge in [0, 0.05) is 18.8 Å². The number of benzene rings is 1. The third-order valence-electron chi connectivity index (χ3n) is 3.88. The summed E-state index contributed by atoms with van der Waals surface area (Å²) in [6.45, 7) is 3.34. The molecule has 0 radical (unpaired) electrons. The van der Waals surface area contributed by atoms with Crippen molar-refractivity contribution in [1.82, 2.24) is 4.72 Å². The quantitative estimate of drug-likeness (QED) is 0.789. The van der Waals surface area contributed by atoms with Gasteiger partial charge in [-0.1, -0.05) is 0 Å². The molecule has 22 heavy (non-hydrogen) atoms. The van der Waals surface area contributed by atoms with Crippen LogP contribution < -0.4 is 10.5 Å². The van der Waals surface area contributed by atoms with E-state index in [2.05, 4.69) is 4.72 Å². The number of aryl methyl sites for hydroxylation is 1. The third kappa shape index (κ3) is 3.87. The Bertz CT molecular complexity index is 781. The summed E-state index contributed by atoms with van der Waals surface area (Å²) in [4.78, 5) is 0.0373. The zero-order chi connectivity index (χ0) is 16.7. The molecule has 0 saturated heterocycles. The van der Waals surface area contributed by atoms with Crippen molar-refractivity contribution in [3.05, 3.63) is 23.3 Å². The molecule has 1 saturated carbocycles. The minimum atomic E-state index is -3.79. The first kappa shape index (κ1) is 17.4. The van der Waals surface area contributed by atoms with Gasteiger partial charge >= 0.3 is 0 Å². The van der Waals surface area contributed by atoms with Gasteiger partial charge in [0.05, 0.1) is 9.79 Å². The molecule has 0 aromatic heterocycles. The number of hydrogen-bond donors (Lipinski definition) is 2. The van der Waals surface area contributed by atoms with E-state index in [0.29, 0.717) is 11.5 Å². The van der Waals surface area contributed by atoms with Crippen molar-refractivity contribution in [3.8, 4) is 0 Å². The number of nitrogens with one attached hydrogen (secondary N) is 1. The van der Waals surface area contributed by atoms with Crippen LogP contribution in [0.1, 0.15) is 24.0 Å². The molecule has 1 aromatic carbocycles. The van der Waals surface area contributed by atoms with Crippen LogP contribution in [0.25, 0.3) is 0 Å². The van der Waals surface area contributed by atoms with E-state index in [0.717, 1.165) is 19.1 Å². The van der Waals surface area contributed by atoms with E-state index >= 15 is 0 Å². The molecule has 1 atom stereocenters. The van der Waals surface area contributed by atoms with Crippen molar-refractivity contribution in [2.45, 2.75) is 42.5 Å². The van der Waals surface area contributed by atoms with E-state index in [4.69, 9.17) is 5.73 Å². The maximum Gasteiger partial charge on any atom is 0.240 e. The number of sulfone groups is 1. The average Bonchev–Trinajstić information content (AvgIpc) is 3.21. The van der Waals surface area contributed by atoms with Crippen molar-refractivity contribution >= 4 is 19.9 Å². The Balaban J connectivity index is 2.36. The second-order valence-corrected chi connectivity index (χ2v) is 9.73. The summed E-state index contributed by atoms with van der Waals surface area (Å²) < 4.78 is 51.1. The van der Waals surface area contributed by atoms with Crippen LogP contribution in [-0.4, -0.2) is 35.7 Å². The van der Waals surface area contributed by atoms with E-state index < -0.39 is 19.9 Å². The molecule has 124 valence electrons.